The van der Waals surface area contributed by atoms with Gasteiger partial charge in [-0.1, -0.05) is 48.9 Å². The molecular weight excluding hydrogens is 423 g/mol. The molecule has 0 unspecified atom stereocenters. The van der Waals surface area contributed by atoms with Gasteiger partial charge in [-0.3, -0.25) is 4.39 Å². The number of alkyl halides is 4. The van der Waals surface area contributed by atoms with Crippen LogP contribution >= 0.6 is 0 Å². The summed E-state index contributed by atoms with van der Waals surface area (Å²) >= 11 is 0. The molecular formula is C26H29F5O. The molecule has 174 valence electrons. The second-order valence-corrected chi connectivity index (χ2v) is 8.41. The summed E-state index contributed by atoms with van der Waals surface area (Å²) in [5.74, 6) is -0.616. The first kappa shape index (κ1) is 24.3. The van der Waals surface area contributed by atoms with Gasteiger partial charge in [0.15, 0.2) is 11.6 Å². The summed E-state index contributed by atoms with van der Waals surface area (Å²) < 4.78 is 66.6. The van der Waals surface area contributed by atoms with E-state index < -0.39 is 17.9 Å². The van der Waals surface area contributed by atoms with Gasteiger partial charge >= 0.3 is 6.36 Å². The molecule has 3 rings (SSSR count). The first-order valence-corrected chi connectivity index (χ1v) is 11.2. The van der Waals surface area contributed by atoms with E-state index in [-0.39, 0.29) is 6.67 Å². The molecule has 0 radical (unpaired) electrons. The highest BCUT2D eigenvalue weighted by molar-refractivity contribution is 5.64. The number of ether oxygens (including phenoxy) is 1. The maximum atomic E-state index is 14.0. The molecule has 1 saturated carbocycles. The van der Waals surface area contributed by atoms with Gasteiger partial charge in [-0.2, -0.15) is 0 Å². The zero-order valence-corrected chi connectivity index (χ0v) is 18.0. The van der Waals surface area contributed by atoms with Gasteiger partial charge in [0.1, 0.15) is 0 Å². The van der Waals surface area contributed by atoms with E-state index >= 15 is 0 Å². The molecule has 1 fully saturated rings. The van der Waals surface area contributed by atoms with Crippen molar-refractivity contribution in [3.8, 4) is 16.9 Å². The summed E-state index contributed by atoms with van der Waals surface area (Å²) in [6.07, 6.45) is 7.65. The largest absolute Gasteiger partial charge is 0.573 e. The number of halogens is 5. The van der Waals surface area contributed by atoms with E-state index in [1.807, 2.05) is 30.3 Å². The molecule has 32 heavy (non-hydrogen) atoms. The Morgan fingerprint density at radius 1 is 0.875 bits per heavy atom. The van der Waals surface area contributed by atoms with Gasteiger partial charge in [-0.05, 0) is 85.6 Å². The number of hydrogen-bond acceptors (Lipinski definition) is 1. The van der Waals surface area contributed by atoms with Crippen LogP contribution in [0, 0.1) is 11.7 Å². The first-order valence-electron chi connectivity index (χ1n) is 11.2. The lowest BCUT2D eigenvalue weighted by molar-refractivity contribution is -0.275. The Kier molecular flexibility index (Phi) is 8.71. The van der Waals surface area contributed by atoms with E-state index in [1.54, 1.807) is 0 Å². The van der Waals surface area contributed by atoms with Gasteiger partial charge in [0.25, 0.3) is 0 Å². The monoisotopic (exact) mass is 452 g/mol. The summed E-state index contributed by atoms with van der Waals surface area (Å²) in [5.41, 5.74) is 2.51. The fourth-order valence-electron chi connectivity index (χ4n) is 4.44. The van der Waals surface area contributed by atoms with E-state index in [0.29, 0.717) is 17.9 Å². The molecule has 0 spiro atoms. The molecule has 2 aromatic rings. The number of allylic oxidation sites excluding steroid dienone is 2. The Balaban J connectivity index is 1.50. The highest BCUT2D eigenvalue weighted by Crippen LogP contribution is 2.38. The van der Waals surface area contributed by atoms with Crippen molar-refractivity contribution in [2.24, 2.45) is 5.92 Å². The Morgan fingerprint density at radius 2 is 1.53 bits per heavy atom. The predicted molar refractivity (Wildman–Crippen MR) is 117 cm³/mol. The summed E-state index contributed by atoms with van der Waals surface area (Å²) in [4.78, 5) is 0. The molecule has 0 amide bonds. The number of benzene rings is 2. The average molecular weight is 453 g/mol. The standard InChI is InChI=1S/C26H29F5O/c27-17-5-3-1-2-4-6-19-7-9-20(10-8-19)21-11-13-22(14-12-21)23-15-16-25(24(28)18-23)32-26(29,30)31/h1,3,11-16,18-20H,2,4-10,17H2. The number of unbranched alkanes of at least 4 members (excludes halogenated alkanes) is 1. The lowest BCUT2D eigenvalue weighted by Gasteiger charge is -2.29. The van der Waals surface area contributed by atoms with E-state index in [0.717, 1.165) is 49.3 Å². The van der Waals surface area contributed by atoms with Crippen LogP contribution in [0.2, 0.25) is 0 Å². The Hall–Kier alpha value is -2.37. The summed E-state index contributed by atoms with van der Waals surface area (Å²) in [5, 5.41) is 0. The van der Waals surface area contributed by atoms with Gasteiger partial charge in [-0.25, -0.2) is 4.39 Å². The molecule has 1 aliphatic rings. The quantitative estimate of drug-likeness (QED) is 0.210. The normalized spacial score (nSPS) is 19.4. The molecule has 0 aromatic heterocycles. The van der Waals surface area contributed by atoms with Crippen LogP contribution in [0.4, 0.5) is 22.0 Å². The molecule has 0 atom stereocenters. The predicted octanol–water partition coefficient (Wildman–Crippen LogP) is 8.75. The Labute approximate surface area is 186 Å². The van der Waals surface area contributed by atoms with E-state index in [2.05, 4.69) is 10.8 Å². The van der Waals surface area contributed by atoms with Crippen LogP contribution in [-0.2, 0) is 0 Å². The Bertz CT molecular complexity index is 865. The topological polar surface area (TPSA) is 9.23 Å². The molecule has 0 N–H and O–H groups in total. The highest BCUT2D eigenvalue weighted by atomic mass is 19.4. The minimum atomic E-state index is -4.92. The molecule has 0 bridgehead atoms. The van der Waals surface area contributed by atoms with Crippen molar-refractivity contribution in [2.75, 3.05) is 6.67 Å². The van der Waals surface area contributed by atoms with E-state index in [9.17, 15) is 22.0 Å². The van der Waals surface area contributed by atoms with Crippen molar-refractivity contribution >= 4 is 0 Å². The van der Waals surface area contributed by atoms with Crippen molar-refractivity contribution < 1.29 is 26.7 Å². The van der Waals surface area contributed by atoms with Crippen molar-refractivity contribution in [3.63, 3.8) is 0 Å². The third kappa shape index (κ3) is 7.35. The third-order valence-electron chi connectivity index (χ3n) is 6.15. The van der Waals surface area contributed by atoms with Crippen LogP contribution in [0.15, 0.2) is 54.6 Å². The van der Waals surface area contributed by atoms with E-state index in [4.69, 9.17) is 0 Å². The maximum Gasteiger partial charge on any atom is 0.573 e. The van der Waals surface area contributed by atoms with Gasteiger partial charge in [0.2, 0.25) is 0 Å². The molecule has 1 nitrogen and oxygen atoms in total. The van der Waals surface area contributed by atoms with Crippen molar-refractivity contribution in [3.05, 3.63) is 66.0 Å². The van der Waals surface area contributed by atoms with Crippen LogP contribution in [0.3, 0.4) is 0 Å². The van der Waals surface area contributed by atoms with E-state index in [1.165, 1.54) is 30.9 Å². The second kappa shape index (κ2) is 11.5. The van der Waals surface area contributed by atoms with Crippen molar-refractivity contribution in [1.82, 2.24) is 0 Å². The summed E-state index contributed by atoms with van der Waals surface area (Å²) in [7, 11) is 0. The Morgan fingerprint density at radius 3 is 2.16 bits per heavy atom. The number of hydrogen-bond donors (Lipinski definition) is 0. The van der Waals surface area contributed by atoms with Gasteiger partial charge in [-0.15, -0.1) is 13.2 Å². The lowest BCUT2D eigenvalue weighted by Crippen LogP contribution is -2.17. The van der Waals surface area contributed by atoms with Crippen molar-refractivity contribution in [1.29, 1.82) is 0 Å². The first-order chi connectivity index (χ1) is 15.4. The van der Waals surface area contributed by atoms with Crippen LogP contribution in [0.1, 0.15) is 62.8 Å². The maximum absolute atomic E-state index is 14.0. The fraction of sp³-hybridized carbons (Fsp3) is 0.462. The van der Waals surface area contributed by atoms with Crippen LogP contribution in [0.5, 0.6) is 5.75 Å². The molecule has 2 aromatic carbocycles. The minimum absolute atomic E-state index is 0.290. The van der Waals surface area contributed by atoms with Gasteiger partial charge in [0.05, 0.1) is 6.67 Å². The summed E-state index contributed by atoms with van der Waals surface area (Å²) in [6, 6.07) is 11.4. The molecule has 0 saturated heterocycles. The highest BCUT2D eigenvalue weighted by Gasteiger charge is 2.32. The lowest BCUT2D eigenvalue weighted by atomic mass is 9.77. The average Bonchev–Trinajstić information content (AvgIpc) is 2.77. The van der Waals surface area contributed by atoms with Crippen LogP contribution in [0.25, 0.3) is 11.1 Å². The SMILES string of the molecule is FCCC=CCCCC1CCC(c2ccc(-c3ccc(OC(F)(F)F)c(F)c3)cc2)CC1. The third-order valence-corrected chi connectivity index (χ3v) is 6.15. The van der Waals surface area contributed by atoms with Gasteiger partial charge < -0.3 is 4.74 Å². The molecule has 1 aliphatic carbocycles. The second-order valence-electron chi connectivity index (χ2n) is 8.41. The molecule has 6 heteroatoms. The van der Waals surface area contributed by atoms with Crippen LogP contribution in [-0.4, -0.2) is 13.0 Å². The summed E-state index contributed by atoms with van der Waals surface area (Å²) in [6.45, 7) is -0.290. The van der Waals surface area contributed by atoms with Crippen LogP contribution < -0.4 is 4.74 Å². The van der Waals surface area contributed by atoms with Gasteiger partial charge in [0, 0.05) is 0 Å². The zero-order valence-electron chi connectivity index (χ0n) is 18.0. The zero-order chi connectivity index (χ0) is 23.0. The van der Waals surface area contributed by atoms with Crippen molar-refractivity contribution in [2.45, 2.75) is 63.6 Å². The minimum Gasteiger partial charge on any atom is -0.403 e. The smallest absolute Gasteiger partial charge is 0.403 e. The molecule has 0 heterocycles. The fourth-order valence-corrected chi connectivity index (χ4v) is 4.44. The molecule has 0 aliphatic heterocycles. The number of rotatable bonds is 9.